The Hall–Kier alpha value is -1.36. The van der Waals surface area contributed by atoms with E-state index in [1.165, 1.54) is 43.4 Å². The maximum Gasteiger partial charge on any atom is 0.338 e. The lowest BCUT2D eigenvalue weighted by molar-refractivity contribution is -0.132. The summed E-state index contributed by atoms with van der Waals surface area (Å²) in [4.78, 5) is 23.8. The highest BCUT2D eigenvalue weighted by Gasteiger charge is 2.50. The smallest absolute Gasteiger partial charge is 0.338 e. The number of hydrogen-bond donors (Lipinski definition) is 2. The van der Waals surface area contributed by atoms with Crippen molar-refractivity contribution in [1.82, 2.24) is 0 Å². The van der Waals surface area contributed by atoms with Gasteiger partial charge in [-0.05, 0) is 67.2 Å². The average molecular weight is 305 g/mol. The van der Waals surface area contributed by atoms with Gasteiger partial charge in [0, 0.05) is 5.92 Å². The van der Waals surface area contributed by atoms with E-state index in [-0.39, 0.29) is 17.4 Å². The van der Waals surface area contributed by atoms with Crippen LogP contribution in [-0.4, -0.2) is 17.0 Å². The molecule has 4 fully saturated rings. The molecular weight excluding hydrogens is 286 g/mol. The molecule has 4 aliphatic rings. The molecule has 4 saturated carbocycles. The summed E-state index contributed by atoms with van der Waals surface area (Å²) in [5.41, 5.74) is 0.206. The van der Waals surface area contributed by atoms with Crippen molar-refractivity contribution in [2.24, 2.45) is 29.6 Å². The highest BCUT2D eigenvalue weighted by atomic mass is 32.1. The normalized spacial score (nSPS) is 36.7. The lowest BCUT2D eigenvalue weighted by Crippen LogP contribution is -2.49. The molecule has 1 aromatic heterocycles. The molecule has 2 N–H and O–H groups in total. The summed E-state index contributed by atoms with van der Waals surface area (Å²) in [6, 6.07) is 1.56. The summed E-state index contributed by atoms with van der Waals surface area (Å²) in [6.45, 7) is 0. The Morgan fingerprint density at radius 3 is 2.29 bits per heavy atom. The first-order valence-electron chi connectivity index (χ1n) is 7.73. The second-order valence-corrected chi connectivity index (χ2v) is 7.83. The third-order valence-electron chi connectivity index (χ3n) is 5.66. The second-order valence-electron chi connectivity index (χ2n) is 6.91. The van der Waals surface area contributed by atoms with E-state index in [9.17, 15) is 9.59 Å². The van der Waals surface area contributed by atoms with Gasteiger partial charge in [0.05, 0.1) is 5.56 Å². The maximum atomic E-state index is 12.7. The van der Waals surface area contributed by atoms with E-state index < -0.39 is 5.97 Å². The molecule has 0 spiro atoms. The third-order valence-corrected chi connectivity index (χ3v) is 6.49. The van der Waals surface area contributed by atoms with Crippen molar-refractivity contribution in [2.75, 3.05) is 5.32 Å². The molecule has 1 heterocycles. The van der Waals surface area contributed by atoms with Crippen molar-refractivity contribution < 1.29 is 14.7 Å². The third kappa shape index (κ3) is 2.18. The van der Waals surface area contributed by atoms with Gasteiger partial charge in [0.25, 0.3) is 0 Å². The predicted molar refractivity (Wildman–Crippen MR) is 80.4 cm³/mol. The predicted octanol–water partition coefficient (Wildman–Crippen LogP) is 3.46. The molecule has 0 aromatic carbocycles. The molecule has 1 aromatic rings. The van der Waals surface area contributed by atoms with Crippen LogP contribution in [0.1, 0.15) is 42.5 Å². The largest absolute Gasteiger partial charge is 0.478 e. The van der Waals surface area contributed by atoms with Gasteiger partial charge in [-0.3, -0.25) is 4.79 Å². The van der Waals surface area contributed by atoms with Gasteiger partial charge in [-0.1, -0.05) is 0 Å². The zero-order valence-corrected chi connectivity index (χ0v) is 12.6. The fourth-order valence-corrected chi connectivity index (χ4v) is 5.91. The molecule has 4 aliphatic carbocycles. The van der Waals surface area contributed by atoms with Crippen LogP contribution < -0.4 is 5.32 Å². The molecule has 5 heteroatoms. The van der Waals surface area contributed by atoms with Crippen LogP contribution in [0.3, 0.4) is 0 Å². The van der Waals surface area contributed by atoms with Crippen LogP contribution in [0, 0.1) is 29.6 Å². The van der Waals surface area contributed by atoms with Crippen LogP contribution in [0.25, 0.3) is 0 Å². The summed E-state index contributed by atoms with van der Waals surface area (Å²) in [7, 11) is 0. The summed E-state index contributed by atoms with van der Waals surface area (Å²) in [5.74, 6) is 1.90. The number of hydrogen-bond acceptors (Lipinski definition) is 3. The summed E-state index contributed by atoms with van der Waals surface area (Å²) >= 11 is 1.29. The lowest BCUT2D eigenvalue weighted by Gasteiger charge is -2.53. The number of thiophene rings is 1. The fourth-order valence-electron chi connectivity index (χ4n) is 5.12. The van der Waals surface area contributed by atoms with Crippen molar-refractivity contribution in [2.45, 2.75) is 32.1 Å². The van der Waals surface area contributed by atoms with Crippen LogP contribution in [0.15, 0.2) is 11.4 Å². The topological polar surface area (TPSA) is 66.4 Å². The molecule has 4 bridgehead atoms. The van der Waals surface area contributed by atoms with Gasteiger partial charge >= 0.3 is 5.97 Å². The number of carboxylic acids is 1. The number of aromatic carboxylic acids is 1. The minimum absolute atomic E-state index is 0.0498. The number of carbonyl (C=O) groups is 2. The summed E-state index contributed by atoms with van der Waals surface area (Å²) in [5, 5.41) is 14.2. The highest BCUT2D eigenvalue weighted by molar-refractivity contribution is 7.14. The van der Waals surface area contributed by atoms with Crippen LogP contribution in [0.4, 0.5) is 5.00 Å². The number of nitrogens with one attached hydrogen (secondary N) is 1. The maximum absolute atomic E-state index is 12.7. The van der Waals surface area contributed by atoms with Crippen LogP contribution in [-0.2, 0) is 4.79 Å². The SMILES string of the molecule is O=C(O)c1ccsc1NC(=O)C1C2CC3CC(C2)CC1C3. The monoisotopic (exact) mass is 305 g/mol. The molecular formula is C16H19NO3S. The quantitative estimate of drug-likeness (QED) is 0.898. The Balaban J connectivity index is 1.53. The Labute approximate surface area is 127 Å². The minimum Gasteiger partial charge on any atom is -0.478 e. The second kappa shape index (κ2) is 4.83. The van der Waals surface area contributed by atoms with E-state index in [4.69, 9.17) is 5.11 Å². The number of carboxylic acid groups (broad SMARTS) is 1. The van der Waals surface area contributed by atoms with Gasteiger partial charge in [0.15, 0.2) is 0 Å². The minimum atomic E-state index is -0.975. The summed E-state index contributed by atoms with van der Waals surface area (Å²) < 4.78 is 0. The number of carbonyl (C=O) groups excluding carboxylic acids is 1. The van der Waals surface area contributed by atoms with Crippen molar-refractivity contribution in [3.05, 3.63) is 17.0 Å². The Morgan fingerprint density at radius 2 is 1.71 bits per heavy atom. The molecule has 112 valence electrons. The molecule has 0 saturated heterocycles. The molecule has 21 heavy (non-hydrogen) atoms. The first-order chi connectivity index (χ1) is 10.1. The van der Waals surface area contributed by atoms with Gasteiger partial charge in [-0.2, -0.15) is 0 Å². The Bertz CT molecular complexity index is 566. The van der Waals surface area contributed by atoms with Gasteiger partial charge < -0.3 is 10.4 Å². The van der Waals surface area contributed by atoms with Crippen molar-refractivity contribution in [3.63, 3.8) is 0 Å². The average Bonchev–Trinajstić information content (AvgIpc) is 2.85. The van der Waals surface area contributed by atoms with E-state index in [0.29, 0.717) is 16.8 Å². The number of amides is 1. The van der Waals surface area contributed by atoms with E-state index in [1.807, 2.05) is 0 Å². The summed E-state index contributed by atoms with van der Waals surface area (Å²) in [6.07, 6.45) is 6.15. The van der Waals surface area contributed by atoms with Crippen LogP contribution in [0.2, 0.25) is 0 Å². The standard InChI is InChI=1S/C16H19NO3S/c18-14(17-15-12(16(19)20)1-2-21-15)13-10-4-8-3-9(6-10)7-11(13)5-8/h1-2,8-11,13H,3-7H2,(H,17,18)(H,19,20). The van der Waals surface area contributed by atoms with Crippen LogP contribution in [0.5, 0.6) is 0 Å². The zero-order chi connectivity index (χ0) is 14.6. The highest BCUT2D eigenvalue weighted by Crippen LogP contribution is 2.56. The van der Waals surface area contributed by atoms with Crippen molar-refractivity contribution in [1.29, 1.82) is 0 Å². The first kappa shape index (κ1) is 13.3. The van der Waals surface area contributed by atoms with E-state index in [1.54, 1.807) is 11.4 Å². The van der Waals surface area contributed by atoms with E-state index in [0.717, 1.165) is 11.8 Å². The molecule has 0 atom stereocenters. The first-order valence-corrected chi connectivity index (χ1v) is 8.61. The van der Waals surface area contributed by atoms with Crippen molar-refractivity contribution in [3.8, 4) is 0 Å². The molecule has 4 nitrogen and oxygen atoms in total. The molecule has 1 amide bonds. The van der Waals surface area contributed by atoms with E-state index >= 15 is 0 Å². The zero-order valence-electron chi connectivity index (χ0n) is 11.7. The number of anilines is 1. The molecule has 5 rings (SSSR count). The van der Waals surface area contributed by atoms with Crippen molar-refractivity contribution >= 4 is 28.2 Å². The number of rotatable bonds is 3. The van der Waals surface area contributed by atoms with Gasteiger partial charge in [-0.15, -0.1) is 11.3 Å². The van der Waals surface area contributed by atoms with E-state index in [2.05, 4.69) is 5.32 Å². The molecule has 0 unspecified atom stereocenters. The Morgan fingerprint density at radius 1 is 1.10 bits per heavy atom. The van der Waals surface area contributed by atoms with Gasteiger partial charge in [0.2, 0.25) is 5.91 Å². The molecule has 0 aliphatic heterocycles. The van der Waals surface area contributed by atoms with Crippen LogP contribution >= 0.6 is 11.3 Å². The van der Waals surface area contributed by atoms with Gasteiger partial charge in [-0.25, -0.2) is 4.79 Å². The lowest BCUT2D eigenvalue weighted by atomic mass is 9.51. The Kier molecular flexibility index (Phi) is 3.06. The molecule has 0 radical (unpaired) electrons. The van der Waals surface area contributed by atoms with Gasteiger partial charge in [0.1, 0.15) is 5.00 Å². The fraction of sp³-hybridized carbons (Fsp3) is 0.625.